The quantitative estimate of drug-likeness (QED) is 0.433. The number of benzene rings is 1. The fourth-order valence-corrected chi connectivity index (χ4v) is 3.24. The highest BCUT2D eigenvalue weighted by Gasteiger charge is 2.13. The van der Waals surface area contributed by atoms with Crippen LogP contribution in [0.15, 0.2) is 35.5 Å². The molecule has 5 heteroatoms. The Bertz CT molecular complexity index is 459. The second kappa shape index (κ2) is 8.41. The van der Waals surface area contributed by atoms with E-state index in [1.165, 1.54) is 5.20 Å². The molecule has 0 bridgehead atoms. The van der Waals surface area contributed by atoms with Gasteiger partial charge < -0.3 is 4.74 Å². The molecule has 0 radical (unpaired) electrons. The van der Waals surface area contributed by atoms with Crippen LogP contribution in [-0.4, -0.2) is 20.3 Å². The van der Waals surface area contributed by atoms with Gasteiger partial charge in [0.15, 0.2) is 5.78 Å². The topological polar surface area (TPSA) is 26.3 Å². The molecule has 0 heterocycles. The average molecular weight is 317 g/mol. The highest BCUT2D eigenvalue weighted by atomic mass is 35.5. The van der Waals surface area contributed by atoms with Crippen LogP contribution in [0.5, 0.6) is 5.75 Å². The van der Waals surface area contributed by atoms with Crippen LogP contribution in [-0.2, 0) is 0 Å². The summed E-state index contributed by atoms with van der Waals surface area (Å²) in [5, 5.41) is 0.465. The number of para-hydroxylation sites is 1. The molecule has 1 rings (SSSR count). The second-order valence-electron chi connectivity index (χ2n) is 4.29. The largest absolute Gasteiger partial charge is 0.460 e. The first-order chi connectivity index (χ1) is 9.04. The van der Waals surface area contributed by atoms with Crippen molar-refractivity contribution in [1.82, 2.24) is 0 Å². The first-order valence-corrected chi connectivity index (χ1v) is 8.81. The monoisotopic (exact) mass is 316 g/mol. The molecule has 19 heavy (non-hydrogen) atoms. The third kappa shape index (κ3) is 5.81. The van der Waals surface area contributed by atoms with E-state index < -0.39 is 5.02 Å². The highest BCUT2D eigenvalue weighted by molar-refractivity contribution is 6.45. The first kappa shape index (κ1) is 16.3. The maximum Gasteiger partial charge on any atom is 0.247 e. The van der Waals surface area contributed by atoms with E-state index in [-0.39, 0.29) is 15.3 Å². The third-order valence-electron chi connectivity index (χ3n) is 2.87. The number of carbonyl (C=O) groups is 1. The van der Waals surface area contributed by atoms with Crippen LogP contribution >= 0.6 is 23.2 Å². The number of hydrogen-bond donors (Lipinski definition) is 0. The van der Waals surface area contributed by atoms with E-state index in [0.717, 1.165) is 6.04 Å². The second-order valence-corrected chi connectivity index (χ2v) is 7.63. The molecule has 0 atom stereocenters. The summed E-state index contributed by atoms with van der Waals surface area (Å²) in [5.41, 5.74) is 0.556. The predicted molar refractivity (Wildman–Crippen MR) is 84.3 cm³/mol. The Kier molecular flexibility index (Phi) is 7.21. The normalized spacial score (nSPS) is 12.4. The van der Waals surface area contributed by atoms with Crippen molar-refractivity contribution in [2.24, 2.45) is 0 Å². The summed E-state index contributed by atoms with van der Waals surface area (Å²) >= 11 is 11.2. The van der Waals surface area contributed by atoms with E-state index in [0.29, 0.717) is 17.7 Å². The van der Waals surface area contributed by atoms with E-state index >= 15 is 0 Å². The molecule has 0 unspecified atom stereocenters. The van der Waals surface area contributed by atoms with Gasteiger partial charge in [0.2, 0.25) is 5.02 Å². The molecular formula is C14H18Cl2O2Si. The van der Waals surface area contributed by atoms with Crippen LogP contribution in [0.1, 0.15) is 30.6 Å². The van der Waals surface area contributed by atoms with Gasteiger partial charge in [-0.25, -0.2) is 0 Å². The van der Waals surface area contributed by atoms with Crippen molar-refractivity contribution >= 4 is 38.5 Å². The molecule has 0 aliphatic heterocycles. The summed E-state index contributed by atoms with van der Waals surface area (Å²) < 4.78 is 5.23. The van der Waals surface area contributed by atoms with Crippen molar-refractivity contribution < 1.29 is 9.53 Å². The van der Waals surface area contributed by atoms with Crippen molar-refractivity contribution in [3.05, 3.63) is 41.1 Å². The molecule has 1 aromatic carbocycles. The number of hydrogen-bond acceptors (Lipinski definition) is 2. The van der Waals surface area contributed by atoms with Crippen LogP contribution in [0.25, 0.3) is 0 Å². The van der Waals surface area contributed by atoms with Gasteiger partial charge in [0.05, 0.1) is 5.56 Å². The average Bonchev–Trinajstić information content (AvgIpc) is 2.38. The maximum atomic E-state index is 12.2. The van der Waals surface area contributed by atoms with Crippen molar-refractivity contribution in [3.8, 4) is 5.75 Å². The summed E-state index contributed by atoms with van der Waals surface area (Å²) in [6, 6.07) is 8.03. The van der Waals surface area contributed by atoms with Gasteiger partial charge in [0.1, 0.15) is 5.75 Å². The van der Waals surface area contributed by atoms with Gasteiger partial charge in [-0.05, 0) is 26.0 Å². The fraction of sp³-hybridized carbons (Fsp3) is 0.357. The maximum absolute atomic E-state index is 12.2. The van der Waals surface area contributed by atoms with Gasteiger partial charge in [-0.2, -0.15) is 0 Å². The van der Waals surface area contributed by atoms with Gasteiger partial charge in [-0.1, -0.05) is 52.7 Å². The molecule has 0 amide bonds. The lowest BCUT2D eigenvalue weighted by atomic mass is 10.1. The number of allylic oxidation sites excluding steroid dienone is 2. The van der Waals surface area contributed by atoms with E-state index in [9.17, 15) is 4.79 Å². The molecule has 1 aromatic rings. The summed E-state index contributed by atoms with van der Waals surface area (Å²) in [5.74, 6) is 0.535. The van der Waals surface area contributed by atoms with Gasteiger partial charge in [0.25, 0.3) is 0 Å². The Balaban J connectivity index is 2.66. The Hall–Kier alpha value is -0.773. The van der Waals surface area contributed by atoms with Crippen LogP contribution in [0.2, 0.25) is 6.04 Å². The number of Topliss-reactive ketones (excluding diaryl/α,β-unsaturated/α-hetero) is 1. The van der Waals surface area contributed by atoms with Gasteiger partial charge in [0, 0.05) is 15.9 Å². The number of halogens is 2. The zero-order valence-electron chi connectivity index (χ0n) is 11.2. The molecule has 0 saturated carbocycles. The Morgan fingerprint density at radius 3 is 2.74 bits per heavy atom. The van der Waals surface area contributed by atoms with E-state index in [1.807, 2.05) is 13.0 Å². The van der Waals surface area contributed by atoms with Gasteiger partial charge in [-0.15, -0.1) is 0 Å². The Morgan fingerprint density at radius 2 is 2.11 bits per heavy atom. The van der Waals surface area contributed by atoms with E-state index in [4.69, 9.17) is 27.9 Å². The van der Waals surface area contributed by atoms with Crippen molar-refractivity contribution in [2.75, 3.05) is 0 Å². The number of ether oxygens (including phenoxy) is 1. The minimum Gasteiger partial charge on any atom is -0.460 e. The lowest BCUT2D eigenvalue weighted by Gasteiger charge is -2.10. The van der Waals surface area contributed by atoms with E-state index in [1.54, 1.807) is 18.2 Å². The lowest BCUT2D eigenvalue weighted by Crippen LogP contribution is -2.07. The number of carbonyl (C=O) groups excluding carboxylic acids is 1. The van der Waals surface area contributed by atoms with Crippen molar-refractivity contribution in [3.63, 3.8) is 0 Å². The molecular weight excluding hydrogens is 299 g/mol. The zero-order valence-corrected chi connectivity index (χ0v) is 14.1. The molecule has 2 nitrogen and oxygen atoms in total. The minimum atomic E-state index is -0.964. The molecule has 0 aromatic heterocycles. The van der Waals surface area contributed by atoms with Crippen molar-refractivity contribution in [1.29, 1.82) is 0 Å². The SMILES string of the molecule is CC=C(C)[SiH2]CCC(=O)c1ccccc1OC(Cl)Cl. The number of alkyl halides is 2. The molecule has 0 N–H and O–H groups in total. The molecule has 0 aliphatic rings. The standard InChI is InChI=1S/C14H18Cl2O2Si/c1-3-10(2)19-9-8-12(17)11-6-4-5-7-13(11)18-14(15)16/h3-7,14H,8-9,19H2,1-2H3. The van der Waals surface area contributed by atoms with Crippen LogP contribution in [0.4, 0.5) is 0 Å². The summed E-state index contributed by atoms with van der Waals surface area (Å²) in [6.45, 7) is 4.16. The first-order valence-electron chi connectivity index (χ1n) is 6.23. The molecule has 0 saturated heterocycles. The summed E-state index contributed by atoms with van der Waals surface area (Å²) in [7, 11) is -0.299. The van der Waals surface area contributed by atoms with Gasteiger partial charge >= 0.3 is 0 Å². The number of rotatable bonds is 7. The van der Waals surface area contributed by atoms with Crippen LogP contribution in [0, 0.1) is 0 Å². The highest BCUT2D eigenvalue weighted by Crippen LogP contribution is 2.23. The van der Waals surface area contributed by atoms with Crippen LogP contribution < -0.4 is 4.74 Å². The Morgan fingerprint density at radius 1 is 1.42 bits per heavy atom. The van der Waals surface area contributed by atoms with Crippen LogP contribution in [0.3, 0.4) is 0 Å². The van der Waals surface area contributed by atoms with E-state index in [2.05, 4.69) is 13.0 Å². The number of ketones is 1. The van der Waals surface area contributed by atoms with Crippen molar-refractivity contribution in [2.45, 2.75) is 31.3 Å². The molecule has 0 spiro atoms. The lowest BCUT2D eigenvalue weighted by molar-refractivity contribution is 0.0984. The Labute approximate surface area is 126 Å². The summed E-state index contributed by atoms with van der Waals surface area (Å²) in [6.07, 6.45) is 2.67. The fourth-order valence-electron chi connectivity index (χ4n) is 1.70. The zero-order chi connectivity index (χ0) is 14.3. The molecule has 0 fully saturated rings. The molecule has 0 aliphatic carbocycles. The smallest absolute Gasteiger partial charge is 0.247 e. The third-order valence-corrected chi connectivity index (χ3v) is 4.95. The predicted octanol–water partition coefficient (Wildman–Crippen LogP) is 3.91. The minimum absolute atomic E-state index is 0.0842. The summed E-state index contributed by atoms with van der Waals surface area (Å²) in [4.78, 5) is 12.2. The molecule has 104 valence electrons. The van der Waals surface area contributed by atoms with Gasteiger partial charge in [-0.3, -0.25) is 4.79 Å².